The molecule has 0 aliphatic rings. The number of rotatable bonds is 6. The summed E-state index contributed by atoms with van der Waals surface area (Å²) in [7, 11) is 1.87. The van der Waals surface area contributed by atoms with Crippen LogP contribution in [0.3, 0.4) is 0 Å². The average molecular weight is 429 g/mol. The van der Waals surface area contributed by atoms with Crippen LogP contribution in [0.15, 0.2) is 64.5 Å². The van der Waals surface area contributed by atoms with Crippen molar-refractivity contribution in [1.29, 1.82) is 0 Å². The second-order valence-electron chi connectivity index (χ2n) is 6.14. The van der Waals surface area contributed by atoms with Crippen LogP contribution in [-0.2, 0) is 19.3 Å². The molecule has 3 heterocycles. The van der Waals surface area contributed by atoms with Gasteiger partial charge in [-0.05, 0) is 5.56 Å². The maximum Gasteiger partial charge on any atom is 0.263 e. The standard InChI is InChI=1S/C20H17ClN4OS2/c1-3-9-25-19(26)17-14(13-7-5-4-6-8-13)11-27-18(17)23-20(25)28-12-16-22-10-15(21)24(16)2/h3-8,10-11H,1,9,12H2,2H3. The fourth-order valence-corrected chi connectivity index (χ4v) is 5.06. The van der Waals surface area contributed by atoms with Gasteiger partial charge in [0, 0.05) is 24.5 Å². The van der Waals surface area contributed by atoms with E-state index in [9.17, 15) is 4.79 Å². The number of nitrogens with zero attached hydrogens (tertiary/aromatic N) is 4. The van der Waals surface area contributed by atoms with Crippen molar-refractivity contribution in [3.63, 3.8) is 0 Å². The van der Waals surface area contributed by atoms with Crippen molar-refractivity contribution < 1.29 is 0 Å². The molecular formula is C20H17ClN4OS2. The van der Waals surface area contributed by atoms with Gasteiger partial charge in [0.1, 0.15) is 15.8 Å². The maximum absolute atomic E-state index is 13.3. The van der Waals surface area contributed by atoms with E-state index in [1.165, 1.54) is 23.1 Å². The third-order valence-electron chi connectivity index (χ3n) is 4.41. The molecule has 0 bridgehead atoms. The Kier molecular flexibility index (Phi) is 5.39. The Hall–Kier alpha value is -2.35. The third kappa shape index (κ3) is 3.41. The summed E-state index contributed by atoms with van der Waals surface area (Å²) in [5, 5.41) is 3.88. The highest BCUT2D eigenvalue weighted by atomic mass is 35.5. The summed E-state index contributed by atoms with van der Waals surface area (Å²) in [5.41, 5.74) is 1.88. The van der Waals surface area contributed by atoms with Gasteiger partial charge in [0.15, 0.2) is 5.16 Å². The van der Waals surface area contributed by atoms with Gasteiger partial charge < -0.3 is 4.57 Å². The largest absolute Gasteiger partial charge is 0.322 e. The van der Waals surface area contributed by atoms with E-state index in [2.05, 4.69) is 11.6 Å². The number of imidazole rings is 1. The molecule has 0 radical (unpaired) electrons. The molecule has 8 heteroatoms. The minimum Gasteiger partial charge on any atom is -0.322 e. The SMILES string of the molecule is C=CCn1c(SCc2ncc(Cl)n2C)nc2scc(-c3ccccc3)c2c1=O. The van der Waals surface area contributed by atoms with Gasteiger partial charge in [0.2, 0.25) is 0 Å². The van der Waals surface area contributed by atoms with E-state index in [0.29, 0.717) is 28.0 Å². The van der Waals surface area contributed by atoms with Crippen molar-refractivity contribution >= 4 is 44.9 Å². The summed E-state index contributed by atoms with van der Waals surface area (Å²) >= 11 is 9.02. The lowest BCUT2D eigenvalue weighted by atomic mass is 10.1. The molecule has 0 saturated heterocycles. The highest BCUT2D eigenvalue weighted by molar-refractivity contribution is 7.98. The quantitative estimate of drug-likeness (QED) is 0.246. The number of aromatic nitrogens is 4. The molecule has 5 nitrogen and oxygen atoms in total. The predicted octanol–water partition coefficient (Wildman–Crippen LogP) is 4.99. The van der Waals surface area contributed by atoms with Crippen LogP contribution in [0.25, 0.3) is 21.3 Å². The van der Waals surface area contributed by atoms with Gasteiger partial charge in [0.25, 0.3) is 5.56 Å². The number of halogens is 1. The summed E-state index contributed by atoms with van der Waals surface area (Å²) in [5.74, 6) is 1.39. The maximum atomic E-state index is 13.3. The van der Waals surface area contributed by atoms with Gasteiger partial charge >= 0.3 is 0 Å². The van der Waals surface area contributed by atoms with Crippen molar-refractivity contribution in [2.45, 2.75) is 17.5 Å². The number of thioether (sulfide) groups is 1. The van der Waals surface area contributed by atoms with Crippen molar-refractivity contribution in [2.75, 3.05) is 0 Å². The number of hydrogen-bond acceptors (Lipinski definition) is 5. The summed E-state index contributed by atoms with van der Waals surface area (Å²) in [6.07, 6.45) is 3.33. The monoisotopic (exact) mass is 428 g/mol. The average Bonchev–Trinajstić information content (AvgIpc) is 3.28. The Morgan fingerprint density at radius 1 is 1.32 bits per heavy atom. The molecule has 0 unspecified atom stereocenters. The molecule has 0 spiro atoms. The lowest BCUT2D eigenvalue weighted by Gasteiger charge is -2.11. The van der Waals surface area contributed by atoms with Crippen LogP contribution in [0.2, 0.25) is 5.15 Å². The van der Waals surface area contributed by atoms with Crippen molar-refractivity contribution in [1.82, 2.24) is 19.1 Å². The van der Waals surface area contributed by atoms with Crippen LogP contribution in [0, 0.1) is 0 Å². The second kappa shape index (κ2) is 7.95. The Morgan fingerprint density at radius 3 is 2.79 bits per heavy atom. The number of allylic oxidation sites excluding steroid dienone is 1. The summed E-state index contributed by atoms with van der Waals surface area (Å²) in [6.45, 7) is 4.19. The topological polar surface area (TPSA) is 52.7 Å². The minimum atomic E-state index is -0.0506. The van der Waals surface area contributed by atoms with Crippen LogP contribution < -0.4 is 5.56 Å². The number of hydrogen-bond donors (Lipinski definition) is 0. The first-order valence-corrected chi connectivity index (χ1v) is 10.8. The van der Waals surface area contributed by atoms with Crippen LogP contribution in [0.1, 0.15) is 5.82 Å². The molecule has 0 atom stereocenters. The van der Waals surface area contributed by atoms with Crippen LogP contribution in [0.5, 0.6) is 0 Å². The van der Waals surface area contributed by atoms with E-state index in [1.54, 1.807) is 16.8 Å². The van der Waals surface area contributed by atoms with E-state index in [0.717, 1.165) is 21.8 Å². The summed E-state index contributed by atoms with van der Waals surface area (Å²) in [4.78, 5) is 23.1. The molecule has 0 saturated carbocycles. The van der Waals surface area contributed by atoms with Gasteiger partial charge in [-0.2, -0.15) is 0 Å². The number of fused-ring (bicyclic) bond motifs is 1. The number of thiophene rings is 1. The molecule has 1 aromatic carbocycles. The van der Waals surface area contributed by atoms with Gasteiger partial charge in [-0.25, -0.2) is 9.97 Å². The van der Waals surface area contributed by atoms with Gasteiger partial charge in [-0.1, -0.05) is 59.8 Å². The van der Waals surface area contributed by atoms with Crippen LogP contribution in [0.4, 0.5) is 0 Å². The zero-order valence-electron chi connectivity index (χ0n) is 15.1. The van der Waals surface area contributed by atoms with Crippen molar-refractivity contribution in [2.24, 2.45) is 7.05 Å². The van der Waals surface area contributed by atoms with Crippen molar-refractivity contribution in [3.8, 4) is 11.1 Å². The van der Waals surface area contributed by atoms with E-state index in [4.69, 9.17) is 16.6 Å². The predicted molar refractivity (Wildman–Crippen MR) is 117 cm³/mol. The Bertz CT molecular complexity index is 1210. The molecule has 0 N–H and O–H groups in total. The first-order chi connectivity index (χ1) is 13.6. The first kappa shape index (κ1) is 19.0. The normalized spacial score (nSPS) is 11.2. The zero-order valence-corrected chi connectivity index (χ0v) is 17.5. The Balaban J connectivity index is 1.79. The number of benzene rings is 1. The molecule has 142 valence electrons. The Labute approximate surface area is 175 Å². The molecule has 0 aliphatic heterocycles. The fourth-order valence-electron chi connectivity index (χ4n) is 2.92. The summed E-state index contributed by atoms with van der Waals surface area (Å²) < 4.78 is 3.49. The molecule has 3 aromatic heterocycles. The van der Waals surface area contributed by atoms with E-state index < -0.39 is 0 Å². The van der Waals surface area contributed by atoms with Crippen molar-refractivity contribution in [3.05, 3.63) is 75.9 Å². The first-order valence-electron chi connectivity index (χ1n) is 8.57. The molecule has 28 heavy (non-hydrogen) atoms. The van der Waals surface area contributed by atoms with Gasteiger partial charge in [0.05, 0.1) is 17.3 Å². The van der Waals surface area contributed by atoms with Crippen LogP contribution in [-0.4, -0.2) is 19.1 Å². The fraction of sp³-hybridized carbons (Fsp3) is 0.150. The smallest absolute Gasteiger partial charge is 0.263 e. The third-order valence-corrected chi connectivity index (χ3v) is 6.61. The molecular weight excluding hydrogens is 412 g/mol. The second-order valence-corrected chi connectivity index (χ2v) is 8.33. The Morgan fingerprint density at radius 2 is 2.11 bits per heavy atom. The van der Waals surface area contributed by atoms with E-state index in [1.807, 2.05) is 47.3 Å². The van der Waals surface area contributed by atoms with E-state index >= 15 is 0 Å². The molecule has 0 amide bonds. The van der Waals surface area contributed by atoms with Gasteiger partial charge in [-0.15, -0.1) is 17.9 Å². The highest BCUT2D eigenvalue weighted by Crippen LogP contribution is 2.32. The molecule has 4 aromatic rings. The summed E-state index contributed by atoms with van der Waals surface area (Å²) in [6, 6.07) is 9.91. The molecule has 4 rings (SSSR count). The lowest BCUT2D eigenvalue weighted by Crippen LogP contribution is -2.22. The minimum absolute atomic E-state index is 0.0506. The molecule has 0 fully saturated rings. The van der Waals surface area contributed by atoms with Gasteiger partial charge in [-0.3, -0.25) is 9.36 Å². The highest BCUT2D eigenvalue weighted by Gasteiger charge is 2.17. The van der Waals surface area contributed by atoms with Crippen LogP contribution >= 0.6 is 34.7 Å². The lowest BCUT2D eigenvalue weighted by molar-refractivity contribution is 0.672. The molecule has 0 aliphatic carbocycles. The van der Waals surface area contributed by atoms with E-state index in [-0.39, 0.29) is 5.56 Å². The zero-order chi connectivity index (χ0) is 19.7.